The number of anilines is 1. The standard InChI is InChI=1S/C27H22ClF3N6O2/c1-2-4-23(38)36-12-3-5-17(15-36)24-20-9-11-34-26(32)37(20)25(35-24)16-6-7-21(19(28)13-16)39-22-14-18(8-10-33-22)27(29,30)31/h6-11,13-14,17H,3,5,12,15H2,1H3,(H2,32,34). The van der Waals surface area contributed by atoms with Gasteiger partial charge in [0.2, 0.25) is 11.8 Å². The number of nitrogen functional groups attached to an aromatic ring is 1. The fourth-order valence-electron chi connectivity index (χ4n) is 4.63. The van der Waals surface area contributed by atoms with E-state index in [1.54, 1.807) is 34.6 Å². The molecule has 1 amide bonds. The number of nitrogens with two attached hydrogens (primary N) is 1. The third kappa shape index (κ3) is 5.33. The Labute approximate surface area is 226 Å². The first-order valence-corrected chi connectivity index (χ1v) is 12.4. The number of likely N-dealkylation sites (tertiary alicyclic amines) is 1. The molecule has 12 heteroatoms. The molecule has 1 unspecified atom stereocenters. The van der Waals surface area contributed by atoms with Crippen LogP contribution in [0.25, 0.3) is 16.9 Å². The summed E-state index contributed by atoms with van der Waals surface area (Å²) in [6.45, 7) is 2.73. The van der Waals surface area contributed by atoms with Crippen LogP contribution in [-0.4, -0.2) is 43.2 Å². The molecule has 1 aliphatic heterocycles. The summed E-state index contributed by atoms with van der Waals surface area (Å²) in [5.74, 6) is 5.56. The maximum Gasteiger partial charge on any atom is 0.416 e. The van der Waals surface area contributed by atoms with Crippen LogP contribution in [0.1, 0.15) is 36.9 Å². The maximum absolute atomic E-state index is 13.1. The lowest BCUT2D eigenvalue weighted by molar-refractivity contribution is -0.137. The predicted octanol–water partition coefficient (Wildman–Crippen LogP) is 5.57. The molecule has 3 aromatic heterocycles. The molecule has 2 N–H and O–H groups in total. The highest BCUT2D eigenvalue weighted by Crippen LogP contribution is 2.37. The number of hydrogen-bond donors (Lipinski definition) is 1. The van der Waals surface area contributed by atoms with Gasteiger partial charge in [0.1, 0.15) is 11.6 Å². The van der Waals surface area contributed by atoms with Crippen LogP contribution in [0.3, 0.4) is 0 Å². The summed E-state index contributed by atoms with van der Waals surface area (Å²) >= 11 is 6.47. The van der Waals surface area contributed by atoms with Gasteiger partial charge >= 0.3 is 6.18 Å². The first kappa shape index (κ1) is 26.3. The second-order valence-corrected chi connectivity index (χ2v) is 9.34. The molecule has 8 nitrogen and oxygen atoms in total. The number of amides is 1. The molecular formula is C27H22ClF3N6O2. The number of halogens is 4. The van der Waals surface area contributed by atoms with Gasteiger partial charge < -0.3 is 15.4 Å². The van der Waals surface area contributed by atoms with Crippen LogP contribution in [-0.2, 0) is 11.0 Å². The van der Waals surface area contributed by atoms with Crippen molar-refractivity contribution in [2.75, 3.05) is 18.8 Å². The van der Waals surface area contributed by atoms with Gasteiger partial charge in [0.25, 0.3) is 5.91 Å². The fraction of sp³-hybridized carbons (Fsp3) is 0.259. The topological polar surface area (TPSA) is 98.6 Å². The normalized spacial score (nSPS) is 15.6. The number of nitrogens with zero attached hydrogens (tertiary/aromatic N) is 5. The van der Waals surface area contributed by atoms with Crippen LogP contribution in [0, 0.1) is 11.8 Å². The lowest BCUT2D eigenvalue weighted by Crippen LogP contribution is -2.38. The fourth-order valence-corrected chi connectivity index (χ4v) is 4.84. The molecule has 0 spiro atoms. The van der Waals surface area contributed by atoms with Crippen LogP contribution < -0.4 is 10.5 Å². The number of aromatic nitrogens is 4. The minimum Gasteiger partial charge on any atom is -0.437 e. The van der Waals surface area contributed by atoms with Crippen molar-refractivity contribution >= 4 is 29.0 Å². The van der Waals surface area contributed by atoms with E-state index < -0.39 is 11.7 Å². The molecule has 200 valence electrons. The first-order chi connectivity index (χ1) is 18.7. The van der Waals surface area contributed by atoms with Crippen LogP contribution in [0.2, 0.25) is 5.02 Å². The van der Waals surface area contributed by atoms with Crippen LogP contribution in [0.4, 0.5) is 19.1 Å². The number of rotatable bonds is 4. The largest absolute Gasteiger partial charge is 0.437 e. The van der Waals surface area contributed by atoms with Gasteiger partial charge in [-0.05, 0) is 56.0 Å². The van der Waals surface area contributed by atoms with E-state index in [1.165, 1.54) is 6.07 Å². The molecule has 0 bridgehead atoms. The van der Waals surface area contributed by atoms with Crippen molar-refractivity contribution in [2.45, 2.75) is 31.9 Å². The Balaban J connectivity index is 1.49. The van der Waals surface area contributed by atoms with Gasteiger partial charge in [-0.3, -0.25) is 9.20 Å². The van der Waals surface area contributed by atoms with Gasteiger partial charge in [0.05, 0.1) is 21.8 Å². The van der Waals surface area contributed by atoms with Crippen LogP contribution in [0.15, 0.2) is 48.8 Å². The number of alkyl halides is 3. The zero-order chi connectivity index (χ0) is 27.7. The Hall–Kier alpha value is -4.30. The van der Waals surface area contributed by atoms with Gasteiger partial charge in [-0.15, -0.1) is 0 Å². The van der Waals surface area contributed by atoms with E-state index in [0.717, 1.165) is 42.4 Å². The highest BCUT2D eigenvalue weighted by atomic mass is 35.5. The van der Waals surface area contributed by atoms with Crippen molar-refractivity contribution in [2.24, 2.45) is 0 Å². The van der Waals surface area contributed by atoms with E-state index in [0.29, 0.717) is 24.5 Å². The Kier molecular flexibility index (Phi) is 7.06. The second-order valence-electron chi connectivity index (χ2n) is 8.94. The molecule has 4 aromatic rings. The smallest absolute Gasteiger partial charge is 0.416 e. The van der Waals surface area contributed by atoms with E-state index in [1.807, 2.05) is 6.07 Å². The first-order valence-electron chi connectivity index (χ1n) is 12.0. The molecule has 0 aliphatic carbocycles. The molecule has 39 heavy (non-hydrogen) atoms. The average molecular weight is 555 g/mol. The summed E-state index contributed by atoms with van der Waals surface area (Å²) in [7, 11) is 0. The van der Waals surface area contributed by atoms with Crippen LogP contribution >= 0.6 is 11.6 Å². The summed E-state index contributed by atoms with van der Waals surface area (Å²) in [5, 5.41) is 0.139. The lowest BCUT2D eigenvalue weighted by Gasteiger charge is -2.30. The van der Waals surface area contributed by atoms with Crippen molar-refractivity contribution < 1.29 is 22.7 Å². The Bertz CT molecular complexity index is 1630. The summed E-state index contributed by atoms with van der Waals surface area (Å²) in [6.07, 6.45) is -0.287. The van der Waals surface area contributed by atoms with Gasteiger partial charge in [0.15, 0.2) is 0 Å². The number of imidazole rings is 1. The van der Waals surface area contributed by atoms with Crippen molar-refractivity contribution in [1.29, 1.82) is 0 Å². The molecule has 5 rings (SSSR count). The zero-order valence-corrected chi connectivity index (χ0v) is 21.4. The maximum atomic E-state index is 13.1. The summed E-state index contributed by atoms with van der Waals surface area (Å²) < 4.78 is 46.4. The Morgan fingerprint density at radius 3 is 2.72 bits per heavy atom. The number of fused-ring (bicyclic) bond motifs is 1. The number of hydrogen-bond acceptors (Lipinski definition) is 6. The highest BCUT2D eigenvalue weighted by Gasteiger charge is 2.31. The molecule has 0 saturated carbocycles. The predicted molar refractivity (Wildman–Crippen MR) is 139 cm³/mol. The minimum atomic E-state index is -4.53. The molecule has 1 aliphatic rings. The van der Waals surface area contributed by atoms with Crippen LogP contribution in [0.5, 0.6) is 11.6 Å². The number of piperidine rings is 1. The van der Waals surface area contributed by atoms with Crippen molar-refractivity contribution in [3.05, 3.63) is 65.1 Å². The Morgan fingerprint density at radius 1 is 1.18 bits per heavy atom. The van der Waals surface area contributed by atoms with E-state index in [-0.39, 0.29) is 34.4 Å². The number of ether oxygens (including phenoxy) is 1. The van der Waals surface area contributed by atoms with E-state index in [4.69, 9.17) is 27.1 Å². The van der Waals surface area contributed by atoms with Gasteiger partial charge in [-0.2, -0.15) is 13.2 Å². The molecule has 1 saturated heterocycles. The zero-order valence-electron chi connectivity index (χ0n) is 20.7. The highest BCUT2D eigenvalue weighted by molar-refractivity contribution is 6.32. The van der Waals surface area contributed by atoms with E-state index in [9.17, 15) is 18.0 Å². The third-order valence-corrected chi connectivity index (χ3v) is 6.70. The molecule has 1 aromatic carbocycles. The van der Waals surface area contributed by atoms with Gasteiger partial charge in [-0.25, -0.2) is 15.0 Å². The van der Waals surface area contributed by atoms with Crippen molar-refractivity contribution in [1.82, 2.24) is 24.3 Å². The molecule has 0 radical (unpaired) electrons. The summed E-state index contributed by atoms with van der Waals surface area (Å²) in [5.41, 5.74) is 7.47. The number of pyridine rings is 1. The average Bonchev–Trinajstić information content (AvgIpc) is 3.31. The van der Waals surface area contributed by atoms with Gasteiger partial charge in [0, 0.05) is 43.0 Å². The summed E-state index contributed by atoms with van der Waals surface area (Å²) in [6, 6.07) is 8.26. The van der Waals surface area contributed by atoms with E-state index >= 15 is 0 Å². The van der Waals surface area contributed by atoms with Crippen molar-refractivity contribution in [3.63, 3.8) is 0 Å². The molecule has 1 atom stereocenters. The number of carbonyl (C=O) groups excluding carboxylic acids is 1. The van der Waals surface area contributed by atoms with E-state index in [2.05, 4.69) is 21.8 Å². The molecule has 4 heterocycles. The Morgan fingerprint density at radius 2 is 1.97 bits per heavy atom. The lowest BCUT2D eigenvalue weighted by atomic mass is 9.94. The monoisotopic (exact) mass is 554 g/mol. The molecule has 1 fully saturated rings. The summed E-state index contributed by atoms with van der Waals surface area (Å²) in [4.78, 5) is 27.1. The van der Waals surface area contributed by atoms with Gasteiger partial charge in [-0.1, -0.05) is 17.5 Å². The van der Waals surface area contributed by atoms with Crippen molar-refractivity contribution in [3.8, 4) is 34.9 Å². The SMILES string of the molecule is CC#CC(=O)N1CCCC(c2nc(-c3ccc(Oc4cc(C(F)(F)F)ccn4)c(Cl)c3)n3c(N)nccc23)C1. The number of benzene rings is 1. The molecular weight excluding hydrogens is 533 g/mol. The minimum absolute atomic E-state index is 0.0445. The third-order valence-electron chi connectivity index (χ3n) is 6.40. The number of carbonyl (C=O) groups is 1. The quantitative estimate of drug-likeness (QED) is 0.331. The second kappa shape index (κ2) is 10.5.